The number of hydrogen-bond donors (Lipinski definition) is 2. The predicted molar refractivity (Wildman–Crippen MR) is 103 cm³/mol. The van der Waals surface area contributed by atoms with Gasteiger partial charge in [0.05, 0.1) is 15.6 Å². The van der Waals surface area contributed by atoms with Gasteiger partial charge in [-0.3, -0.25) is 9.59 Å². The number of sulfonamides is 1. The first-order chi connectivity index (χ1) is 12.8. The average Bonchev–Trinajstić information content (AvgIpc) is 3.30. The maximum absolute atomic E-state index is 12.4. The summed E-state index contributed by atoms with van der Waals surface area (Å²) in [5.41, 5.74) is 0.0505. The van der Waals surface area contributed by atoms with Gasteiger partial charge < -0.3 is 10.2 Å². The Labute approximate surface area is 168 Å². The molecular weight excluding hydrogens is 413 g/mol. The van der Waals surface area contributed by atoms with Crippen LogP contribution in [0, 0.1) is 0 Å². The van der Waals surface area contributed by atoms with E-state index in [-0.39, 0.29) is 32.5 Å². The van der Waals surface area contributed by atoms with Gasteiger partial charge in [0.25, 0.3) is 5.91 Å². The summed E-state index contributed by atoms with van der Waals surface area (Å²) in [5, 5.41) is 2.76. The lowest BCUT2D eigenvalue weighted by molar-refractivity contribution is -0.127. The molecule has 3 rings (SSSR count). The van der Waals surface area contributed by atoms with Crippen molar-refractivity contribution in [2.45, 2.75) is 43.0 Å². The molecule has 0 radical (unpaired) electrons. The van der Waals surface area contributed by atoms with E-state index in [4.69, 9.17) is 23.2 Å². The first-order valence-electron chi connectivity index (χ1n) is 8.85. The van der Waals surface area contributed by atoms with Crippen molar-refractivity contribution in [3.8, 4) is 0 Å². The molecule has 2 fully saturated rings. The molecule has 1 heterocycles. The first-order valence-corrected chi connectivity index (χ1v) is 11.1. The van der Waals surface area contributed by atoms with Gasteiger partial charge in [0.15, 0.2) is 0 Å². The maximum Gasteiger partial charge on any atom is 0.252 e. The first kappa shape index (κ1) is 20.4. The fraction of sp³-hybridized carbons (Fsp3) is 0.529. The van der Waals surface area contributed by atoms with Gasteiger partial charge >= 0.3 is 0 Å². The number of likely N-dealkylation sites (tertiary alicyclic amines) is 1. The molecular formula is C17H21Cl2N3O4S. The Morgan fingerprint density at radius 2 is 1.96 bits per heavy atom. The van der Waals surface area contributed by atoms with Crippen molar-refractivity contribution >= 4 is 45.0 Å². The van der Waals surface area contributed by atoms with E-state index >= 15 is 0 Å². The zero-order valence-electron chi connectivity index (χ0n) is 14.6. The smallest absolute Gasteiger partial charge is 0.252 e. The molecule has 0 unspecified atom stereocenters. The molecule has 2 aliphatic rings. The molecule has 2 N–H and O–H groups in total. The Hall–Kier alpha value is -1.35. The normalized spacial score (nSPS) is 17.4. The molecule has 1 aromatic rings. The second-order valence-corrected chi connectivity index (χ2v) is 9.25. The van der Waals surface area contributed by atoms with E-state index in [9.17, 15) is 18.0 Å². The van der Waals surface area contributed by atoms with Crippen molar-refractivity contribution in [3.63, 3.8) is 0 Å². The largest absolute Gasteiger partial charge is 0.352 e. The van der Waals surface area contributed by atoms with Crippen molar-refractivity contribution in [1.82, 2.24) is 14.9 Å². The van der Waals surface area contributed by atoms with Gasteiger partial charge in [0.2, 0.25) is 15.9 Å². The highest BCUT2D eigenvalue weighted by atomic mass is 35.5. The van der Waals surface area contributed by atoms with Gasteiger partial charge in [-0.2, -0.15) is 0 Å². The summed E-state index contributed by atoms with van der Waals surface area (Å²) < 4.78 is 27.4. The summed E-state index contributed by atoms with van der Waals surface area (Å²) in [7, 11) is -3.81. The minimum Gasteiger partial charge on any atom is -0.352 e. The van der Waals surface area contributed by atoms with Crippen LogP contribution in [0.3, 0.4) is 0 Å². The third-order valence-corrected chi connectivity index (χ3v) is 6.81. The van der Waals surface area contributed by atoms with Crippen LogP contribution in [0.4, 0.5) is 0 Å². The number of halogens is 2. The van der Waals surface area contributed by atoms with E-state index < -0.39 is 15.9 Å². The molecule has 27 heavy (non-hydrogen) atoms. The topological polar surface area (TPSA) is 95.6 Å². The molecule has 0 bridgehead atoms. The molecule has 1 saturated carbocycles. The second-order valence-electron chi connectivity index (χ2n) is 6.75. The van der Waals surface area contributed by atoms with Gasteiger partial charge in [-0.05, 0) is 37.8 Å². The lowest BCUT2D eigenvalue weighted by Crippen LogP contribution is -2.31. The molecule has 7 nitrogen and oxygen atoms in total. The fourth-order valence-electron chi connectivity index (χ4n) is 2.90. The van der Waals surface area contributed by atoms with Gasteiger partial charge in [0.1, 0.15) is 4.90 Å². The highest BCUT2D eigenvalue weighted by Gasteiger charge is 2.30. The summed E-state index contributed by atoms with van der Waals surface area (Å²) >= 11 is 12.1. The molecule has 0 spiro atoms. The Bertz CT molecular complexity index is 856. The number of amides is 2. The van der Waals surface area contributed by atoms with E-state index in [0.717, 1.165) is 25.8 Å². The number of carbonyl (C=O) groups is 2. The van der Waals surface area contributed by atoms with E-state index in [1.165, 1.54) is 12.1 Å². The summed E-state index contributed by atoms with van der Waals surface area (Å²) in [5.74, 6) is -0.340. The van der Waals surface area contributed by atoms with Crippen LogP contribution in [0.15, 0.2) is 17.0 Å². The number of carbonyl (C=O) groups excluding carboxylic acids is 2. The van der Waals surface area contributed by atoms with E-state index in [1.807, 2.05) is 0 Å². The molecule has 2 amide bonds. The maximum atomic E-state index is 12.4. The zero-order valence-corrected chi connectivity index (χ0v) is 17.0. The summed E-state index contributed by atoms with van der Waals surface area (Å²) in [6.07, 6.45) is 3.64. The molecule has 1 aliphatic heterocycles. The van der Waals surface area contributed by atoms with Gasteiger partial charge in [-0.15, -0.1) is 0 Å². The number of hydrogen-bond acceptors (Lipinski definition) is 4. The predicted octanol–water partition coefficient (Wildman–Crippen LogP) is 2.18. The van der Waals surface area contributed by atoms with Crippen molar-refractivity contribution in [2.75, 3.05) is 19.6 Å². The molecule has 148 valence electrons. The molecule has 1 aromatic carbocycles. The van der Waals surface area contributed by atoms with Crippen LogP contribution in [0.1, 0.15) is 42.5 Å². The van der Waals surface area contributed by atoms with Crippen LogP contribution in [0.2, 0.25) is 10.0 Å². The molecule has 1 saturated heterocycles. The van der Waals surface area contributed by atoms with Crippen molar-refractivity contribution in [2.24, 2.45) is 0 Å². The highest BCUT2D eigenvalue weighted by Crippen LogP contribution is 2.30. The minimum atomic E-state index is -3.81. The lowest BCUT2D eigenvalue weighted by Gasteiger charge is -2.15. The Kier molecular flexibility index (Phi) is 6.30. The third kappa shape index (κ3) is 5.13. The number of nitrogens with one attached hydrogen (secondary N) is 2. The second kappa shape index (κ2) is 8.34. The monoisotopic (exact) mass is 433 g/mol. The van der Waals surface area contributed by atoms with E-state index in [1.54, 1.807) is 4.90 Å². The van der Waals surface area contributed by atoms with Gasteiger partial charge in [0, 0.05) is 32.1 Å². The summed E-state index contributed by atoms with van der Waals surface area (Å²) in [6.45, 7) is 1.69. The Morgan fingerprint density at radius 1 is 1.22 bits per heavy atom. The summed E-state index contributed by atoms with van der Waals surface area (Å²) in [6, 6.07) is 2.39. The van der Waals surface area contributed by atoms with Crippen molar-refractivity contribution in [1.29, 1.82) is 0 Å². The lowest BCUT2D eigenvalue weighted by atomic mass is 10.2. The third-order valence-electron chi connectivity index (χ3n) is 4.52. The van der Waals surface area contributed by atoms with Crippen LogP contribution in [0.5, 0.6) is 0 Å². The van der Waals surface area contributed by atoms with Crippen LogP contribution in [0.25, 0.3) is 0 Å². The molecule has 0 atom stereocenters. The minimum absolute atomic E-state index is 0.0303. The number of rotatable bonds is 8. The molecule has 1 aliphatic carbocycles. The van der Waals surface area contributed by atoms with Crippen molar-refractivity contribution < 1.29 is 18.0 Å². The highest BCUT2D eigenvalue weighted by molar-refractivity contribution is 7.89. The Morgan fingerprint density at radius 3 is 2.59 bits per heavy atom. The SMILES string of the molecule is O=C(NCCCN1CCCC1=O)c1cc(S(=O)(=O)NC2CC2)c(Cl)cc1Cl. The van der Waals surface area contributed by atoms with Crippen LogP contribution in [-0.2, 0) is 14.8 Å². The quantitative estimate of drug-likeness (QED) is 0.614. The van der Waals surface area contributed by atoms with Crippen molar-refractivity contribution in [3.05, 3.63) is 27.7 Å². The Balaban J connectivity index is 1.63. The van der Waals surface area contributed by atoms with E-state index in [0.29, 0.717) is 25.9 Å². The van der Waals surface area contributed by atoms with E-state index in [2.05, 4.69) is 10.0 Å². The van der Waals surface area contributed by atoms with Crippen LogP contribution < -0.4 is 10.0 Å². The van der Waals surface area contributed by atoms with Gasteiger partial charge in [-0.1, -0.05) is 23.2 Å². The zero-order chi connectivity index (χ0) is 19.6. The number of nitrogens with zero attached hydrogens (tertiary/aromatic N) is 1. The van der Waals surface area contributed by atoms with Crippen LogP contribution in [-0.4, -0.2) is 50.8 Å². The number of benzene rings is 1. The summed E-state index contributed by atoms with van der Waals surface area (Å²) in [4.78, 5) is 25.6. The standard InChI is InChI=1S/C17H21Cl2N3O4S/c18-13-10-14(19)15(27(25,26)21-11-4-5-11)9-12(13)17(24)20-6-2-8-22-7-1-3-16(22)23/h9-11,21H,1-8H2,(H,20,24). The molecule has 0 aromatic heterocycles. The van der Waals surface area contributed by atoms with Crippen LogP contribution >= 0.6 is 23.2 Å². The van der Waals surface area contributed by atoms with Gasteiger partial charge in [-0.25, -0.2) is 13.1 Å². The fourth-order valence-corrected chi connectivity index (χ4v) is 5.06. The average molecular weight is 434 g/mol. The molecule has 10 heteroatoms.